The van der Waals surface area contributed by atoms with Gasteiger partial charge in [-0.1, -0.05) is 59.1 Å². The van der Waals surface area contributed by atoms with E-state index >= 15 is 0 Å². The SMILES string of the molecule is CCC(C)CCCC1(CCCC(C)OCC(C)C)c2cc(S)ccc2-c2ccc(OC(C)(C)C(C)(C)O)cc21. The minimum absolute atomic E-state index is 0.0904. The first-order chi connectivity index (χ1) is 18.2. The molecule has 0 fully saturated rings. The minimum atomic E-state index is -0.977. The Morgan fingerprint density at radius 3 is 2.05 bits per heavy atom. The highest BCUT2D eigenvalue weighted by Crippen LogP contribution is 2.55. The van der Waals surface area contributed by atoms with E-state index in [9.17, 15) is 5.11 Å². The summed E-state index contributed by atoms with van der Waals surface area (Å²) in [6.45, 7) is 19.6. The van der Waals surface area contributed by atoms with Crippen LogP contribution in [0.4, 0.5) is 0 Å². The molecule has 0 saturated carbocycles. The fourth-order valence-corrected chi connectivity index (χ4v) is 5.90. The maximum atomic E-state index is 10.8. The molecule has 218 valence electrons. The quantitative estimate of drug-likeness (QED) is 0.215. The summed E-state index contributed by atoms with van der Waals surface area (Å²) >= 11 is 4.78. The Labute approximate surface area is 244 Å². The number of benzene rings is 2. The highest BCUT2D eigenvalue weighted by Gasteiger charge is 2.43. The van der Waals surface area contributed by atoms with Crippen LogP contribution in [0.15, 0.2) is 41.3 Å². The Hall–Kier alpha value is -1.49. The average Bonchev–Trinajstić information content (AvgIpc) is 3.10. The molecule has 0 spiro atoms. The van der Waals surface area contributed by atoms with Crippen molar-refractivity contribution in [2.45, 2.75) is 135 Å². The number of rotatable bonds is 15. The first-order valence-electron chi connectivity index (χ1n) is 15.2. The Balaban J connectivity index is 2.03. The zero-order valence-corrected chi connectivity index (χ0v) is 27.0. The van der Waals surface area contributed by atoms with Crippen molar-refractivity contribution in [1.82, 2.24) is 0 Å². The van der Waals surface area contributed by atoms with Gasteiger partial charge in [0.15, 0.2) is 0 Å². The van der Waals surface area contributed by atoms with Gasteiger partial charge in [-0.25, -0.2) is 0 Å². The van der Waals surface area contributed by atoms with Crippen LogP contribution in [-0.2, 0) is 10.2 Å². The highest BCUT2D eigenvalue weighted by molar-refractivity contribution is 7.80. The van der Waals surface area contributed by atoms with Crippen LogP contribution in [0.3, 0.4) is 0 Å². The first-order valence-corrected chi connectivity index (χ1v) is 15.7. The Bertz CT molecular complexity index is 1080. The molecule has 1 aliphatic carbocycles. The van der Waals surface area contributed by atoms with Crippen molar-refractivity contribution in [1.29, 1.82) is 0 Å². The lowest BCUT2D eigenvalue weighted by Gasteiger charge is -2.38. The van der Waals surface area contributed by atoms with Crippen LogP contribution in [-0.4, -0.2) is 29.0 Å². The Morgan fingerprint density at radius 1 is 0.872 bits per heavy atom. The van der Waals surface area contributed by atoms with E-state index in [1.165, 1.54) is 41.5 Å². The first kappa shape index (κ1) is 32.0. The van der Waals surface area contributed by atoms with Crippen molar-refractivity contribution >= 4 is 12.6 Å². The Kier molecular flexibility index (Phi) is 10.7. The van der Waals surface area contributed by atoms with E-state index < -0.39 is 11.2 Å². The molecule has 0 heterocycles. The standard InChI is InChI=1S/C35H54O3S/c1-10-25(4)13-11-19-35(20-12-14-26(5)37-23-24(2)3)31-21-27(38-34(8,9)33(6,7)36)15-17-29(31)30-18-16-28(39)22-32(30)35/h15-18,21-22,24-26,36,39H,10-14,19-20,23H2,1-9H3. The van der Waals surface area contributed by atoms with E-state index in [0.29, 0.717) is 5.92 Å². The predicted molar refractivity (Wildman–Crippen MR) is 168 cm³/mol. The van der Waals surface area contributed by atoms with E-state index in [2.05, 4.69) is 71.0 Å². The summed E-state index contributed by atoms with van der Waals surface area (Å²) in [6.07, 6.45) is 8.21. The lowest BCUT2D eigenvalue weighted by Crippen LogP contribution is -2.49. The summed E-state index contributed by atoms with van der Waals surface area (Å²) in [7, 11) is 0. The summed E-state index contributed by atoms with van der Waals surface area (Å²) < 4.78 is 12.6. The second kappa shape index (κ2) is 13.0. The molecule has 0 amide bonds. The molecule has 1 aliphatic rings. The van der Waals surface area contributed by atoms with Crippen molar-refractivity contribution in [2.75, 3.05) is 6.61 Å². The van der Waals surface area contributed by atoms with Crippen LogP contribution in [0.2, 0.25) is 0 Å². The molecule has 3 nitrogen and oxygen atoms in total. The number of aliphatic hydroxyl groups is 1. The van der Waals surface area contributed by atoms with Gasteiger partial charge in [0.1, 0.15) is 11.4 Å². The van der Waals surface area contributed by atoms with Crippen molar-refractivity contribution in [2.24, 2.45) is 11.8 Å². The second-order valence-corrected chi connectivity index (χ2v) is 14.0. The van der Waals surface area contributed by atoms with Crippen LogP contribution < -0.4 is 4.74 Å². The summed E-state index contributed by atoms with van der Waals surface area (Å²) in [5.41, 5.74) is 3.60. The van der Waals surface area contributed by atoms with Gasteiger partial charge in [-0.2, -0.15) is 0 Å². The smallest absolute Gasteiger partial charge is 0.131 e. The van der Waals surface area contributed by atoms with E-state index in [4.69, 9.17) is 22.1 Å². The number of fused-ring (bicyclic) bond motifs is 3. The normalized spacial score (nSPS) is 18.7. The van der Waals surface area contributed by atoms with Crippen LogP contribution in [0.1, 0.15) is 118 Å². The molecule has 2 aromatic carbocycles. The largest absolute Gasteiger partial charge is 0.485 e. The van der Waals surface area contributed by atoms with Gasteiger partial charge in [0, 0.05) is 16.9 Å². The molecule has 3 rings (SSSR count). The maximum absolute atomic E-state index is 10.8. The van der Waals surface area contributed by atoms with Crippen LogP contribution in [0.5, 0.6) is 5.75 Å². The molecule has 0 bridgehead atoms. The van der Waals surface area contributed by atoms with Gasteiger partial charge in [-0.3, -0.25) is 0 Å². The molecule has 0 aliphatic heterocycles. The number of hydrogen-bond acceptors (Lipinski definition) is 4. The topological polar surface area (TPSA) is 38.7 Å². The van der Waals surface area contributed by atoms with Gasteiger partial charge in [-0.15, -0.1) is 12.6 Å². The molecule has 3 atom stereocenters. The molecule has 4 heteroatoms. The van der Waals surface area contributed by atoms with Gasteiger partial charge in [0.25, 0.3) is 0 Å². The van der Waals surface area contributed by atoms with Crippen molar-refractivity contribution in [3.8, 4) is 16.9 Å². The van der Waals surface area contributed by atoms with Crippen molar-refractivity contribution in [3.05, 3.63) is 47.5 Å². The fraction of sp³-hybridized carbons (Fsp3) is 0.657. The van der Waals surface area contributed by atoms with Crippen LogP contribution >= 0.6 is 12.6 Å². The molecule has 0 radical (unpaired) electrons. The maximum Gasteiger partial charge on any atom is 0.131 e. The third kappa shape index (κ3) is 7.63. The number of hydrogen-bond donors (Lipinski definition) is 2. The van der Waals surface area contributed by atoms with E-state index in [1.807, 2.05) is 27.7 Å². The fourth-order valence-electron chi connectivity index (χ4n) is 5.70. The molecule has 39 heavy (non-hydrogen) atoms. The van der Waals surface area contributed by atoms with E-state index in [0.717, 1.165) is 48.9 Å². The third-order valence-electron chi connectivity index (χ3n) is 9.09. The molecule has 0 aromatic heterocycles. The van der Waals surface area contributed by atoms with E-state index in [-0.39, 0.29) is 11.5 Å². The second-order valence-electron chi connectivity index (χ2n) is 13.5. The molecule has 3 unspecified atom stereocenters. The van der Waals surface area contributed by atoms with E-state index in [1.54, 1.807) is 0 Å². The molecular formula is C35H54O3S. The lowest BCUT2D eigenvalue weighted by atomic mass is 9.70. The highest BCUT2D eigenvalue weighted by atomic mass is 32.1. The minimum Gasteiger partial charge on any atom is -0.485 e. The zero-order valence-electron chi connectivity index (χ0n) is 26.1. The van der Waals surface area contributed by atoms with Gasteiger partial charge in [0.05, 0.1) is 11.7 Å². The van der Waals surface area contributed by atoms with Crippen LogP contribution in [0.25, 0.3) is 11.1 Å². The lowest BCUT2D eigenvalue weighted by molar-refractivity contribution is -0.0907. The zero-order chi connectivity index (χ0) is 29.0. The average molecular weight is 555 g/mol. The summed E-state index contributed by atoms with van der Waals surface area (Å²) in [5.74, 6) is 2.10. The summed E-state index contributed by atoms with van der Waals surface area (Å²) in [4.78, 5) is 1.01. The molecule has 1 N–H and O–H groups in total. The predicted octanol–water partition coefficient (Wildman–Crippen LogP) is 9.62. The molecule has 2 aromatic rings. The number of ether oxygens (including phenoxy) is 2. The van der Waals surface area contributed by atoms with Crippen LogP contribution in [0, 0.1) is 11.8 Å². The monoisotopic (exact) mass is 554 g/mol. The Morgan fingerprint density at radius 2 is 1.46 bits per heavy atom. The van der Waals surface area contributed by atoms with Gasteiger partial charge >= 0.3 is 0 Å². The summed E-state index contributed by atoms with van der Waals surface area (Å²) in [5, 5.41) is 10.8. The van der Waals surface area contributed by atoms with Gasteiger partial charge < -0.3 is 14.6 Å². The summed E-state index contributed by atoms with van der Waals surface area (Å²) in [6, 6.07) is 13.2. The number of thiol groups is 1. The van der Waals surface area contributed by atoms with Crippen molar-refractivity contribution in [3.63, 3.8) is 0 Å². The van der Waals surface area contributed by atoms with Crippen molar-refractivity contribution < 1.29 is 14.6 Å². The van der Waals surface area contributed by atoms with Gasteiger partial charge in [0.2, 0.25) is 0 Å². The van der Waals surface area contributed by atoms with Gasteiger partial charge in [-0.05, 0) is 119 Å². The molecular weight excluding hydrogens is 500 g/mol. The molecule has 0 saturated heterocycles. The third-order valence-corrected chi connectivity index (χ3v) is 9.37.